The molecule has 8 saturated carbocycles. The van der Waals surface area contributed by atoms with Crippen LogP contribution in [0.15, 0.2) is 23.3 Å². The summed E-state index contributed by atoms with van der Waals surface area (Å²) in [5, 5.41) is 0.815. The van der Waals surface area contributed by atoms with Gasteiger partial charge in [0, 0.05) is 5.92 Å². The topological polar surface area (TPSA) is 0 Å². The first-order chi connectivity index (χ1) is 19.1. The number of allylic oxidation sites excluding steroid dienone is 4. The van der Waals surface area contributed by atoms with Gasteiger partial charge in [0.2, 0.25) is 0 Å². The average Bonchev–Trinajstić information content (AvgIpc) is 3.23. The molecule has 0 heterocycles. The fourth-order valence-corrected chi connectivity index (χ4v) is 21.3. The van der Waals surface area contributed by atoms with Gasteiger partial charge in [-0.2, -0.15) is 0 Å². The largest absolute Gasteiger partial charge is 0.0950 e. The highest BCUT2D eigenvalue weighted by molar-refractivity contribution is 7.61. The van der Waals surface area contributed by atoms with Crippen LogP contribution in [0.2, 0.25) is 0 Å². The molecule has 0 saturated heterocycles. The van der Waals surface area contributed by atoms with Gasteiger partial charge < -0.3 is 0 Å². The summed E-state index contributed by atoms with van der Waals surface area (Å²) in [6.45, 7) is 22.7. The van der Waals surface area contributed by atoms with Crippen LogP contribution in [0.3, 0.4) is 0 Å². The van der Waals surface area contributed by atoms with Gasteiger partial charge in [-0.05, 0) is 156 Å². The quantitative estimate of drug-likeness (QED) is 0.268. The Kier molecular flexibility index (Phi) is 7.64. The van der Waals surface area contributed by atoms with Crippen molar-refractivity contribution in [2.75, 3.05) is 12.3 Å². The monoisotopic (exact) mass is 594 g/mol. The number of hydrogen-bond acceptors (Lipinski definition) is 0. The summed E-state index contributed by atoms with van der Waals surface area (Å²) < 4.78 is 0. The standard InChI is InChI=1S/C39H64P2/c1-37(2,3)34-20-32(33(21-34)23-41(38(4,5)6)39(7,8)9)22-40(35-28-12-24-10-25(14-28)15-29(35)13-24)36-30-16-26-11-27(18-30)19-31(36)17-26/h20-21,24-31,33,35-36H,10-19,22-23H2,1-9H3. The SMILES string of the molecule is CC(C)(C)C1=CC(CP(C(C)(C)C)C(C)(C)C)C(CP(C2C3CC4CC(C3)CC2C4)C2C3CC4CC(C3)CC2C4)=C1. The summed E-state index contributed by atoms with van der Waals surface area (Å²) in [6, 6.07) is 0. The van der Waals surface area contributed by atoms with Crippen molar-refractivity contribution in [2.24, 2.45) is 58.7 Å². The van der Waals surface area contributed by atoms with Crippen molar-refractivity contribution in [1.82, 2.24) is 0 Å². The smallest absolute Gasteiger partial charge is 0.00291 e. The van der Waals surface area contributed by atoms with Crippen molar-refractivity contribution in [3.63, 3.8) is 0 Å². The Balaban J connectivity index is 1.23. The van der Waals surface area contributed by atoms with Crippen molar-refractivity contribution in [3.8, 4) is 0 Å². The summed E-state index contributed by atoms with van der Waals surface area (Å²) in [6.07, 6.45) is 24.7. The summed E-state index contributed by atoms with van der Waals surface area (Å²) in [7, 11) is -0.0156. The molecule has 8 fully saturated rings. The maximum Gasteiger partial charge on any atom is 0.00291 e. The van der Waals surface area contributed by atoms with E-state index in [1.807, 2.05) is 5.57 Å². The van der Waals surface area contributed by atoms with Gasteiger partial charge >= 0.3 is 0 Å². The molecule has 0 aliphatic heterocycles. The number of hydrogen-bond donors (Lipinski definition) is 0. The maximum absolute atomic E-state index is 2.81. The fourth-order valence-electron chi connectivity index (χ4n) is 12.7. The minimum atomic E-state index is -0.0870. The molecule has 0 aromatic carbocycles. The summed E-state index contributed by atoms with van der Waals surface area (Å²) in [5.41, 5.74) is 6.09. The van der Waals surface area contributed by atoms with Gasteiger partial charge in [-0.25, -0.2) is 0 Å². The maximum atomic E-state index is 2.81. The first-order valence-electron chi connectivity index (χ1n) is 18.1. The lowest BCUT2D eigenvalue weighted by molar-refractivity contribution is 0.0131. The molecule has 41 heavy (non-hydrogen) atoms. The fraction of sp³-hybridized carbons (Fsp3) is 0.897. The molecule has 2 heteroatoms. The predicted molar refractivity (Wildman–Crippen MR) is 184 cm³/mol. The Hall–Kier alpha value is 0.340. The Morgan fingerprint density at radius 3 is 1.32 bits per heavy atom. The highest BCUT2D eigenvalue weighted by atomic mass is 31.1. The summed E-state index contributed by atoms with van der Waals surface area (Å²) in [5.74, 6) is 9.55. The molecule has 0 N–H and O–H groups in total. The lowest BCUT2D eigenvalue weighted by Gasteiger charge is -2.62. The van der Waals surface area contributed by atoms with Crippen LogP contribution in [-0.4, -0.2) is 34.0 Å². The summed E-state index contributed by atoms with van der Waals surface area (Å²) in [4.78, 5) is 0. The zero-order chi connectivity index (χ0) is 29.1. The van der Waals surface area contributed by atoms with Crippen LogP contribution < -0.4 is 0 Å². The second-order valence-corrected chi connectivity index (χ2v) is 26.1. The zero-order valence-corrected chi connectivity index (χ0v) is 30.2. The Morgan fingerprint density at radius 1 is 0.585 bits per heavy atom. The van der Waals surface area contributed by atoms with Gasteiger partial charge in [0.15, 0.2) is 0 Å². The molecule has 9 rings (SSSR count). The first kappa shape index (κ1) is 30.0. The van der Waals surface area contributed by atoms with Crippen LogP contribution >= 0.6 is 15.8 Å². The van der Waals surface area contributed by atoms with Crippen molar-refractivity contribution in [3.05, 3.63) is 23.3 Å². The van der Waals surface area contributed by atoms with Crippen molar-refractivity contribution < 1.29 is 0 Å². The lowest BCUT2D eigenvalue weighted by atomic mass is 9.55. The molecule has 8 bridgehead atoms. The normalized spacial score (nSPS) is 44.1. The van der Waals surface area contributed by atoms with Gasteiger partial charge in [0.25, 0.3) is 0 Å². The highest BCUT2D eigenvalue weighted by Gasteiger charge is 2.57. The zero-order valence-electron chi connectivity index (χ0n) is 28.4. The second kappa shape index (κ2) is 10.4. The van der Waals surface area contributed by atoms with E-state index < -0.39 is 0 Å². The van der Waals surface area contributed by atoms with E-state index in [1.165, 1.54) is 12.3 Å². The second-order valence-electron chi connectivity index (χ2n) is 19.7. The number of rotatable bonds is 6. The first-order valence-corrected chi connectivity index (χ1v) is 21.3. The Labute approximate surface area is 257 Å². The molecular formula is C39H64P2. The van der Waals surface area contributed by atoms with E-state index in [0.29, 0.717) is 16.2 Å². The van der Waals surface area contributed by atoms with Crippen LogP contribution in [0.1, 0.15) is 127 Å². The average molecular weight is 595 g/mol. The molecule has 0 amide bonds. The minimum absolute atomic E-state index is 0.0714. The van der Waals surface area contributed by atoms with Gasteiger partial charge in [-0.1, -0.05) is 95.9 Å². The van der Waals surface area contributed by atoms with Crippen LogP contribution in [0.25, 0.3) is 0 Å². The van der Waals surface area contributed by atoms with E-state index in [-0.39, 0.29) is 21.3 Å². The molecule has 9 aliphatic rings. The van der Waals surface area contributed by atoms with Crippen molar-refractivity contribution in [2.45, 2.75) is 148 Å². The van der Waals surface area contributed by atoms with Crippen molar-refractivity contribution in [1.29, 1.82) is 0 Å². The molecule has 230 valence electrons. The van der Waals surface area contributed by atoms with Crippen LogP contribution in [0, 0.1) is 58.7 Å². The molecule has 0 nitrogen and oxygen atoms in total. The molecule has 0 spiro atoms. The Morgan fingerprint density at radius 2 is 0.976 bits per heavy atom. The Bertz CT molecular complexity index is 945. The molecule has 9 aliphatic carbocycles. The third-order valence-corrected chi connectivity index (χ3v) is 21.5. The highest BCUT2D eigenvalue weighted by Crippen LogP contribution is 2.72. The third-order valence-electron chi connectivity index (χ3n) is 13.5. The van der Waals surface area contributed by atoms with Crippen LogP contribution in [-0.2, 0) is 0 Å². The third kappa shape index (κ3) is 5.66. The molecular weight excluding hydrogens is 530 g/mol. The van der Waals surface area contributed by atoms with Crippen LogP contribution in [0.4, 0.5) is 0 Å². The van der Waals surface area contributed by atoms with E-state index in [0.717, 1.165) is 58.7 Å². The van der Waals surface area contributed by atoms with Crippen molar-refractivity contribution >= 4 is 15.8 Å². The van der Waals surface area contributed by atoms with E-state index in [9.17, 15) is 0 Å². The predicted octanol–water partition coefficient (Wildman–Crippen LogP) is 11.7. The lowest BCUT2D eigenvalue weighted by Crippen LogP contribution is -2.53. The minimum Gasteiger partial charge on any atom is -0.0950 e. The molecule has 1 atom stereocenters. The van der Waals surface area contributed by atoms with Crippen LogP contribution in [0.5, 0.6) is 0 Å². The van der Waals surface area contributed by atoms with E-state index in [1.54, 1.807) is 69.8 Å². The van der Waals surface area contributed by atoms with Gasteiger partial charge in [-0.3, -0.25) is 0 Å². The summed E-state index contributed by atoms with van der Waals surface area (Å²) >= 11 is 0. The van der Waals surface area contributed by atoms with Gasteiger partial charge in [0.05, 0.1) is 0 Å². The molecule has 0 aromatic rings. The van der Waals surface area contributed by atoms with E-state index in [4.69, 9.17) is 0 Å². The van der Waals surface area contributed by atoms with E-state index in [2.05, 4.69) is 74.5 Å². The van der Waals surface area contributed by atoms with E-state index >= 15 is 0 Å². The van der Waals surface area contributed by atoms with Gasteiger partial charge in [0.1, 0.15) is 0 Å². The van der Waals surface area contributed by atoms with Gasteiger partial charge in [-0.15, -0.1) is 0 Å². The molecule has 0 radical (unpaired) electrons. The molecule has 0 aromatic heterocycles. The molecule has 1 unspecified atom stereocenters.